The predicted octanol–water partition coefficient (Wildman–Crippen LogP) is 5.56. The molecule has 0 aliphatic heterocycles. The number of hydrogen-bond donors (Lipinski definition) is 3. The molecule has 194 valence electrons. The second-order valence-electron chi connectivity index (χ2n) is 9.05. The maximum absolute atomic E-state index is 13.0. The van der Waals surface area contributed by atoms with Gasteiger partial charge < -0.3 is 16.2 Å². The van der Waals surface area contributed by atoms with Crippen LogP contribution in [0.5, 0.6) is 0 Å². The molecule has 1 amide bonds. The van der Waals surface area contributed by atoms with Crippen molar-refractivity contribution in [2.75, 3.05) is 11.1 Å². The Morgan fingerprint density at radius 3 is 2.28 bits per heavy atom. The number of hydrogen-bond acceptors (Lipinski definition) is 8. The maximum atomic E-state index is 13.0. The van der Waals surface area contributed by atoms with Crippen LogP contribution in [-0.2, 0) is 4.79 Å². The number of para-hydroxylation sites is 1. The van der Waals surface area contributed by atoms with Gasteiger partial charge in [0.2, 0.25) is 5.91 Å². The summed E-state index contributed by atoms with van der Waals surface area (Å²) in [5, 5.41) is 32.0. The highest BCUT2D eigenvalue weighted by Gasteiger charge is 2.24. The summed E-state index contributed by atoms with van der Waals surface area (Å²) in [4.78, 5) is 33.6. The molecule has 0 aliphatic rings. The van der Waals surface area contributed by atoms with E-state index in [0.717, 1.165) is 11.8 Å². The van der Waals surface area contributed by atoms with Crippen LogP contribution in [0.2, 0.25) is 0 Å². The normalized spacial score (nSPS) is 11.5. The van der Waals surface area contributed by atoms with E-state index in [0.29, 0.717) is 38.4 Å². The van der Waals surface area contributed by atoms with E-state index >= 15 is 0 Å². The molecule has 4 aromatic rings. The molecule has 39 heavy (non-hydrogen) atoms. The van der Waals surface area contributed by atoms with Gasteiger partial charge in [-0.25, -0.2) is 14.8 Å². The van der Waals surface area contributed by atoms with E-state index in [1.807, 2.05) is 19.9 Å². The monoisotopic (exact) mass is 536 g/mol. The molecule has 0 fully saturated rings. The van der Waals surface area contributed by atoms with Crippen molar-refractivity contribution in [2.45, 2.75) is 37.0 Å². The number of anilines is 2. The number of amides is 1. The Kier molecular flexibility index (Phi) is 7.80. The summed E-state index contributed by atoms with van der Waals surface area (Å²) in [5.41, 5.74) is 9.40. The number of carbonyl (C=O) groups excluding carboxylic acids is 1. The van der Waals surface area contributed by atoms with Crippen LogP contribution < -0.4 is 11.1 Å². The van der Waals surface area contributed by atoms with E-state index in [2.05, 4.69) is 21.4 Å². The van der Waals surface area contributed by atoms with E-state index < -0.39 is 11.2 Å². The zero-order chi connectivity index (χ0) is 28.3. The lowest BCUT2D eigenvalue weighted by Crippen LogP contribution is -2.23. The fourth-order valence-electron chi connectivity index (χ4n) is 4.18. The van der Waals surface area contributed by atoms with E-state index in [-0.39, 0.29) is 34.3 Å². The molecule has 4 rings (SSSR count). The van der Waals surface area contributed by atoms with Crippen LogP contribution >= 0.6 is 11.8 Å². The number of carboxylic acids is 1. The Morgan fingerprint density at radius 2 is 1.67 bits per heavy atom. The van der Waals surface area contributed by atoms with Crippen LogP contribution in [0.25, 0.3) is 22.2 Å². The van der Waals surface area contributed by atoms with Crippen LogP contribution in [0, 0.1) is 22.7 Å². The van der Waals surface area contributed by atoms with Crippen molar-refractivity contribution in [3.63, 3.8) is 0 Å². The van der Waals surface area contributed by atoms with Crippen molar-refractivity contribution < 1.29 is 14.7 Å². The van der Waals surface area contributed by atoms with E-state index in [4.69, 9.17) is 5.73 Å². The number of aromatic nitrogens is 2. The lowest BCUT2D eigenvalue weighted by molar-refractivity contribution is -0.115. The molecule has 0 saturated heterocycles. The molecule has 10 heteroatoms. The minimum Gasteiger partial charge on any atom is -0.478 e. The van der Waals surface area contributed by atoms with Gasteiger partial charge in [0.1, 0.15) is 23.0 Å². The summed E-state index contributed by atoms with van der Waals surface area (Å²) < 4.78 is 0. The lowest BCUT2D eigenvalue weighted by atomic mass is 9.94. The average molecular weight is 537 g/mol. The van der Waals surface area contributed by atoms with Gasteiger partial charge in [-0.3, -0.25) is 4.79 Å². The highest BCUT2D eigenvalue weighted by Crippen LogP contribution is 2.35. The van der Waals surface area contributed by atoms with Gasteiger partial charge in [-0.2, -0.15) is 10.5 Å². The summed E-state index contributed by atoms with van der Waals surface area (Å²) in [7, 11) is 0. The number of aromatic carboxylic acids is 1. The quantitative estimate of drug-likeness (QED) is 0.256. The number of pyridine rings is 2. The lowest BCUT2D eigenvalue weighted by Gasteiger charge is -2.17. The first-order valence-corrected chi connectivity index (χ1v) is 12.9. The van der Waals surface area contributed by atoms with Crippen molar-refractivity contribution in [1.82, 2.24) is 9.97 Å². The molecule has 0 spiro atoms. The number of nitriles is 2. The Labute approximate surface area is 229 Å². The molecule has 0 radical (unpaired) electrons. The van der Waals surface area contributed by atoms with Crippen molar-refractivity contribution >= 4 is 46.0 Å². The first-order chi connectivity index (χ1) is 18.6. The predicted molar refractivity (Wildman–Crippen MR) is 150 cm³/mol. The summed E-state index contributed by atoms with van der Waals surface area (Å²) in [6.45, 7) is 5.41. The zero-order valence-corrected chi connectivity index (χ0v) is 22.2. The number of nitrogens with one attached hydrogen (secondary N) is 1. The first-order valence-electron chi connectivity index (χ1n) is 12.0. The van der Waals surface area contributed by atoms with Crippen molar-refractivity contribution in [3.8, 4) is 23.4 Å². The molecule has 0 bridgehead atoms. The highest BCUT2D eigenvalue weighted by molar-refractivity contribution is 8.00. The third-order valence-corrected chi connectivity index (χ3v) is 7.17. The molecule has 0 aliphatic carbocycles. The number of nitrogen functional groups attached to an aromatic ring is 1. The van der Waals surface area contributed by atoms with Crippen LogP contribution in [0.15, 0.2) is 59.6 Å². The van der Waals surface area contributed by atoms with E-state index in [1.54, 1.807) is 55.5 Å². The van der Waals surface area contributed by atoms with Gasteiger partial charge in [0.15, 0.2) is 0 Å². The smallest absolute Gasteiger partial charge is 0.336 e. The van der Waals surface area contributed by atoms with Gasteiger partial charge in [0, 0.05) is 16.6 Å². The largest absolute Gasteiger partial charge is 0.478 e. The summed E-state index contributed by atoms with van der Waals surface area (Å²) >= 11 is 1.09. The Balaban J connectivity index is 1.54. The molecule has 2 aromatic carbocycles. The standard InChI is InChI=1S/C29H24N6O3S/c1-15(2)25-21(13-30)26(32)35-28(22(25)14-31)39-16(3)27(36)33-18-10-8-17(9-11-18)24-12-20(29(37)38)19-6-4-5-7-23(19)34-24/h4-12,15-16H,1-3H3,(H2,32,35)(H,33,36)(H,37,38). The first kappa shape index (κ1) is 27.1. The number of thioether (sulfide) groups is 1. The van der Waals surface area contributed by atoms with E-state index in [1.165, 1.54) is 6.07 Å². The second kappa shape index (κ2) is 11.2. The summed E-state index contributed by atoms with van der Waals surface area (Å²) in [6.07, 6.45) is 0. The zero-order valence-electron chi connectivity index (χ0n) is 21.4. The second-order valence-corrected chi connectivity index (χ2v) is 10.4. The highest BCUT2D eigenvalue weighted by atomic mass is 32.2. The van der Waals surface area contributed by atoms with Gasteiger partial charge in [-0.1, -0.05) is 55.9 Å². The number of benzene rings is 2. The van der Waals surface area contributed by atoms with Crippen molar-refractivity contribution in [2.24, 2.45) is 0 Å². The number of carbonyl (C=O) groups is 2. The number of carboxylic acid groups (broad SMARTS) is 1. The molecule has 1 atom stereocenters. The Morgan fingerprint density at radius 1 is 1.00 bits per heavy atom. The minimum atomic E-state index is -1.04. The van der Waals surface area contributed by atoms with Crippen LogP contribution in [0.1, 0.15) is 53.7 Å². The van der Waals surface area contributed by atoms with Gasteiger partial charge in [-0.05, 0) is 42.7 Å². The Hall–Kier alpha value is -4.93. The van der Waals surface area contributed by atoms with Gasteiger partial charge in [0.05, 0.1) is 33.2 Å². The fourth-order valence-corrected chi connectivity index (χ4v) is 5.10. The third-order valence-electron chi connectivity index (χ3n) is 6.08. The number of nitrogens with two attached hydrogens (primary N) is 1. The molecule has 0 saturated carbocycles. The maximum Gasteiger partial charge on any atom is 0.336 e. The molecule has 1 unspecified atom stereocenters. The molecule has 2 aromatic heterocycles. The topological polar surface area (TPSA) is 166 Å². The van der Waals surface area contributed by atoms with Gasteiger partial charge >= 0.3 is 5.97 Å². The van der Waals surface area contributed by atoms with Gasteiger partial charge in [0.25, 0.3) is 0 Å². The molecule has 4 N–H and O–H groups in total. The van der Waals surface area contributed by atoms with E-state index in [9.17, 15) is 25.2 Å². The average Bonchev–Trinajstić information content (AvgIpc) is 2.92. The number of fused-ring (bicyclic) bond motifs is 1. The Bertz CT molecular complexity index is 1690. The minimum absolute atomic E-state index is 0.0271. The summed E-state index contributed by atoms with van der Waals surface area (Å²) in [5.74, 6) is -1.46. The molecular formula is C29H24N6O3S. The van der Waals surface area contributed by atoms with Crippen molar-refractivity contribution in [3.05, 3.63) is 76.9 Å². The van der Waals surface area contributed by atoms with Crippen LogP contribution in [-0.4, -0.2) is 32.2 Å². The molecular weight excluding hydrogens is 512 g/mol. The molecule has 9 nitrogen and oxygen atoms in total. The third kappa shape index (κ3) is 5.52. The SMILES string of the molecule is CC(Sc1nc(N)c(C#N)c(C(C)C)c1C#N)C(=O)Nc1ccc(-c2cc(C(=O)O)c3ccccc3n2)cc1. The fraction of sp³-hybridized carbons (Fsp3) is 0.172. The van der Waals surface area contributed by atoms with Crippen LogP contribution in [0.4, 0.5) is 11.5 Å². The number of nitrogens with zero attached hydrogens (tertiary/aromatic N) is 4. The summed E-state index contributed by atoms with van der Waals surface area (Å²) in [6, 6.07) is 19.6. The van der Waals surface area contributed by atoms with Gasteiger partial charge in [-0.15, -0.1) is 0 Å². The molecule has 2 heterocycles. The number of rotatable bonds is 7. The van der Waals surface area contributed by atoms with Crippen LogP contribution in [0.3, 0.4) is 0 Å². The van der Waals surface area contributed by atoms with Crippen molar-refractivity contribution in [1.29, 1.82) is 10.5 Å².